The fraction of sp³-hybridized carbons (Fsp3) is 0.0476. The number of esters is 1. The van der Waals surface area contributed by atoms with Gasteiger partial charge in [0.15, 0.2) is 0 Å². The van der Waals surface area contributed by atoms with Crippen molar-refractivity contribution < 1.29 is 19.1 Å². The largest absolute Gasteiger partial charge is 0.422 e. The minimum atomic E-state index is -0.492. The van der Waals surface area contributed by atoms with Crippen LogP contribution in [-0.4, -0.2) is 30.5 Å². The van der Waals surface area contributed by atoms with E-state index in [2.05, 4.69) is 15.8 Å². The Hall–Kier alpha value is -3.49. The van der Waals surface area contributed by atoms with E-state index in [1.807, 2.05) is 0 Å². The first kappa shape index (κ1) is 21.2. The zero-order valence-electron chi connectivity index (χ0n) is 15.5. The number of thiophene rings is 1. The lowest BCUT2D eigenvalue weighted by atomic mass is 10.2. The van der Waals surface area contributed by atoms with Gasteiger partial charge in [-0.05, 0) is 53.4 Å². The molecule has 0 saturated heterocycles. The molecule has 3 aromatic rings. The number of rotatable bonds is 7. The quantitative estimate of drug-likeness (QED) is 0.254. The molecule has 2 amide bonds. The van der Waals surface area contributed by atoms with Crippen LogP contribution in [0.25, 0.3) is 0 Å². The van der Waals surface area contributed by atoms with Crippen molar-refractivity contribution in [2.24, 2.45) is 5.10 Å². The Morgan fingerprint density at radius 2 is 1.80 bits per heavy atom. The van der Waals surface area contributed by atoms with Crippen LogP contribution in [-0.2, 0) is 4.79 Å². The number of ether oxygens (including phenoxy) is 1. The van der Waals surface area contributed by atoms with Gasteiger partial charge in [0.25, 0.3) is 11.8 Å². The molecular weight excluding hydrogens is 426 g/mol. The van der Waals surface area contributed by atoms with E-state index in [-0.39, 0.29) is 12.1 Å². The number of hydrogen-bond acceptors (Lipinski definition) is 6. The zero-order valence-corrected chi connectivity index (χ0v) is 17.1. The number of halogens is 1. The molecule has 0 aliphatic carbocycles. The number of benzene rings is 2. The van der Waals surface area contributed by atoms with Crippen LogP contribution in [0.15, 0.2) is 71.1 Å². The Morgan fingerprint density at radius 1 is 1.03 bits per heavy atom. The number of hydrogen-bond donors (Lipinski definition) is 2. The number of carbonyl (C=O) groups is 3. The average molecular weight is 442 g/mol. The molecule has 0 aliphatic heterocycles. The summed E-state index contributed by atoms with van der Waals surface area (Å²) in [6, 6.07) is 16.6. The third kappa shape index (κ3) is 6.00. The summed E-state index contributed by atoms with van der Waals surface area (Å²) >= 11 is 7.24. The number of nitrogens with zero attached hydrogens (tertiary/aromatic N) is 1. The van der Waals surface area contributed by atoms with E-state index in [1.54, 1.807) is 66.0 Å². The summed E-state index contributed by atoms with van der Waals surface area (Å²) in [5.41, 5.74) is 3.29. The Balaban J connectivity index is 1.44. The topological polar surface area (TPSA) is 96.9 Å². The monoisotopic (exact) mass is 441 g/mol. The molecule has 0 bridgehead atoms. The van der Waals surface area contributed by atoms with Gasteiger partial charge in [0.1, 0.15) is 10.6 Å². The predicted molar refractivity (Wildman–Crippen MR) is 115 cm³/mol. The van der Waals surface area contributed by atoms with Crippen molar-refractivity contribution in [2.45, 2.75) is 0 Å². The van der Waals surface area contributed by atoms with Crippen molar-refractivity contribution in [1.82, 2.24) is 10.7 Å². The van der Waals surface area contributed by atoms with Gasteiger partial charge in [-0.2, -0.15) is 5.10 Å². The van der Waals surface area contributed by atoms with Gasteiger partial charge in [-0.3, -0.25) is 9.59 Å². The van der Waals surface area contributed by atoms with Gasteiger partial charge in [-0.25, -0.2) is 10.2 Å². The highest BCUT2D eigenvalue weighted by atomic mass is 35.5. The van der Waals surface area contributed by atoms with Gasteiger partial charge in [0.05, 0.1) is 23.3 Å². The van der Waals surface area contributed by atoms with Crippen molar-refractivity contribution >= 4 is 46.9 Å². The maximum Gasteiger partial charge on any atom is 0.353 e. The maximum absolute atomic E-state index is 12.0. The summed E-state index contributed by atoms with van der Waals surface area (Å²) in [7, 11) is 0. The molecule has 3 rings (SSSR count). The molecule has 9 heteroatoms. The van der Waals surface area contributed by atoms with Gasteiger partial charge >= 0.3 is 5.97 Å². The molecule has 0 atom stereocenters. The van der Waals surface area contributed by atoms with Crippen LogP contribution in [0.2, 0.25) is 5.02 Å². The van der Waals surface area contributed by atoms with E-state index >= 15 is 0 Å². The Labute approximate surface area is 181 Å². The standard InChI is InChI=1S/C21H16ClN3O4S/c22-17-5-2-1-4-16(17)20(27)23-13-19(26)25-24-12-14-7-9-15(10-8-14)29-21(28)18-6-3-11-30-18/h1-12H,13H2,(H,23,27)(H,25,26)/b24-12-. The molecule has 0 saturated carbocycles. The second-order valence-corrected chi connectivity index (χ2v) is 7.25. The van der Waals surface area contributed by atoms with Crippen LogP contribution < -0.4 is 15.5 Å². The van der Waals surface area contributed by atoms with Crippen LogP contribution in [0, 0.1) is 0 Å². The molecule has 0 fully saturated rings. The molecule has 0 unspecified atom stereocenters. The van der Waals surface area contributed by atoms with E-state index in [1.165, 1.54) is 17.6 Å². The Bertz CT molecular complexity index is 1070. The number of carbonyl (C=O) groups excluding carboxylic acids is 3. The molecule has 2 aromatic carbocycles. The summed E-state index contributed by atoms with van der Waals surface area (Å²) in [5.74, 6) is -0.963. The summed E-state index contributed by atoms with van der Waals surface area (Å²) in [4.78, 5) is 36.2. The maximum atomic E-state index is 12.0. The fourth-order valence-electron chi connectivity index (χ4n) is 2.29. The lowest BCUT2D eigenvalue weighted by Crippen LogP contribution is -2.35. The lowest BCUT2D eigenvalue weighted by molar-refractivity contribution is -0.120. The lowest BCUT2D eigenvalue weighted by Gasteiger charge is -2.05. The highest BCUT2D eigenvalue weighted by Crippen LogP contribution is 2.16. The van der Waals surface area contributed by atoms with Gasteiger partial charge in [-0.1, -0.05) is 29.8 Å². The van der Waals surface area contributed by atoms with Gasteiger partial charge in [-0.15, -0.1) is 11.3 Å². The summed E-state index contributed by atoms with van der Waals surface area (Å²) in [6.45, 7) is -0.251. The van der Waals surface area contributed by atoms with Crippen LogP contribution in [0.3, 0.4) is 0 Å². The van der Waals surface area contributed by atoms with Crippen LogP contribution in [0.4, 0.5) is 0 Å². The molecule has 0 radical (unpaired) electrons. The Kier molecular flexibility index (Phi) is 7.31. The molecule has 0 spiro atoms. The molecule has 2 N–H and O–H groups in total. The van der Waals surface area contributed by atoms with Crippen molar-refractivity contribution in [3.8, 4) is 5.75 Å². The molecular formula is C21H16ClN3O4S. The molecule has 1 aromatic heterocycles. The fourth-order valence-corrected chi connectivity index (χ4v) is 3.11. The summed E-state index contributed by atoms with van der Waals surface area (Å²) in [5, 5.41) is 8.40. The summed E-state index contributed by atoms with van der Waals surface area (Å²) in [6.07, 6.45) is 1.43. The second-order valence-electron chi connectivity index (χ2n) is 5.89. The Morgan fingerprint density at radius 3 is 2.50 bits per heavy atom. The highest BCUT2D eigenvalue weighted by Gasteiger charge is 2.11. The van der Waals surface area contributed by atoms with Crippen molar-refractivity contribution in [3.63, 3.8) is 0 Å². The van der Waals surface area contributed by atoms with Crippen molar-refractivity contribution in [1.29, 1.82) is 0 Å². The minimum absolute atomic E-state index is 0.251. The SMILES string of the molecule is O=C(CNC(=O)c1ccccc1Cl)N/N=C\c1ccc(OC(=O)c2cccs2)cc1. The first-order valence-electron chi connectivity index (χ1n) is 8.73. The van der Waals surface area contributed by atoms with Gasteiger partial charge < -0.3 is 10.1 Å². The van der Waals surface area contributed by atoms with Crippen LogP contribution in [0.1, 0.15) is 25.6 Å². The number of hydrazone groups is 1. The van der Waals surface area contributed by atoms with Gasteiger partial charge in [0.2, 0.25) is 0 Å². The van der Waals surface area contributed by atoms with Crippen LogP contribution >= 0.6 is 22.9 Å². The molecule has 0 aliphatic rings. The molecule has 30 heavy (non-hydrogen) atoms. The van der Waals surface area contributed by atoms with Crippen LogP contribution in [0.5, 0.6) is 5.75 Å². The first-order valence-corrected chi connectivity index (χ1v) is 9.99. The summed E-state index contributed by atoms with van der Waals surface area (Å²) < 4.78 is 5.26. The van der Waals surface area contributed by atoms with E-state index < -0.39 is 17.8 Å². The first-order chi connectivity index (χ1) is 14.5. The smallest absolute Gasteiger partial charge is 0.353 e. The van der Waals surface area contributed by atoms with E-state index in [0.29, 0.717) is 21.2 Å². The van der Waals surface area contributed by atoms with E-state index in [4.69, 9.17) is 16.3 Å². The molecule has 1 heterocycles. The van der Waals surface area contributed by atoms with E-state index in [0.717, 1.165) is 0 Å². The minimum Gasteiger partial charge on any atom is -0.422 e. The van der Waals surface area contributed by atoms with E-state index in [9.17, 15) is 14.4 Å². The number of nitrogens with one attached hydrogen (secondary N) is 2. The number of amides is 2. The second kappa shape index (κ2) is 10.3. The normalized spacial score (nSPS) is 10.6. The predicted octanol–water partition coefficient (Wildman–Crippen LogP) is 3.50. The average Bonchev–Trinajstić information content (AvgIpc) is 3.29. The highest BCUT2D eigenvalue weighted by molar-refractivity contribution is 7.12. The molecule has 7 nitrogen and oxygen atoms in total. The van der Waals surface area contributed by atoms with Gasteiger partial charge in [0, 0.05) is 0 Å². The zero-order chi connectivity index (χ0) is 21.3. The molecule has 152 valence electrons. The third-order valence-corrected chi connectivity index (χ3v) is 4.92. The van der Waals surface area contributed by atoms with Crippen molar-refractivity contribution in [2.75, 3.05) is 6.54 Å². The van der Waals surface area contributed by atoms with Crippen molar-refractivity contribution in [3.05, 3.63) is 87.1 Å². The third-order valence-electron chi connectivity index (χ3n) is 3.74.